The molecule has 1 aromatic rings. The summed E-state index contributed by atoms with van der Waals surface area (Å²) in [6, 6.07) is 9.16. The maximum atomic E-state index is 12.3. The zero-order chi connectivity index (χ0) is 12.3. The molecule has 3 nitrogen and oxygen atoms in total. The van der Waals surface area contributed by atoms with E-state index < -0.39 is 0 Å². The predicted molar refractivity (Wildman–Crippen MR) is 63.6 cm³/mol. The van der Waals surface area contributed by atoms with Crippen molar-refractivity contribution in [3.8, 4) is 0 Å². The van der Waals surface area contributed by atoms with Crippen LogP contribution in [0.3, 0.4) is 0 Å². The average Bonchev–Trinajstić information content (AvgIpc) is 2.87. The molecule has 2 atom stereocenters. The highest BCUT2D eigenvalue weighted by atomic mass is 16.5. The van der Waals surface area contributed by atoms with Crippen molar-refractivity contribution < 1.29 is 14.3 Å². The number of hydrogen-bond acceptors (Lipinski definition) is 3. The van der Waals surface area contributed by atoms with Gasteiger partial charge >= 0.3 is 5.97 Å². The number of hydrogen-bond donors (Lipinski definition) is 0. The van der Waals surface area contributed by atoms with Gasteiger partial charge in [0.15, 0.2) is 5.78 Å². The molecule has 0 spiro atoms. The van der Waals surface area contributed by atoms with Gasteiger partial charge in [0.25, 0.3) is 0 Å². The molecule has 0 bridgehead atoms. The molecule has 17 heavy (non-hydrogen) atoms. The summed E-state index contributed by atoms with van der Waals surface area (Å²) >= 11 is 0. The van der Waals surface area contributed by atoms with Crippen molar-refractivity contribution in [2.75, 3.05) is 7.11 Å². The first-order chi connectivity index (χ1) is 8.24. The number of ether oxygens (including phenoxy) is 1. The Bertz CT molecular complexity index is 411. The molecule has 0 amide bonds. The number of Topliss-reactive ketones (excluding diaryl/α,β-unsaturated/α-hetero) is 1. The highest BCUT2D eigenvalue weighted by Gasteiger charge is 2.38. The summed E-state index contributed by atoms with van der Waals surface area (Å²) in [6.07, 6.45) is 2.46. The van der Waals surface area contributed by atoms with Crippen LogP contribution in [0.4, 0.5) is 0 Å². The lowest BCUT2D eigenvalue weighted by Gasteiger charge is -2.16. The molecule has 1 fully saturated rings. The van der Waals surface area contributed by atoms with Crippen LogP contribution in [0.15, 0.2) is 30.3 Å². The van der Waals surface area contributed by atoms with E-state index in [1.165, 1.54) is 7.11 Å². The fraction of sp³-hybridized carbons (Fsp3) is 0.429. The SMILES string of the molecule is COC(=O)[C@H]1CCC[C@H]1C(=O)c1ccccc1. The van der Waals surface area contributed by atoms with Gasteiger partial charge in [0.05, 0.1) is 13.0 Å². The van der Waals surface area contributed by atoms with E-state index in [-0.39, 0.29) is 23.6 Å². The number of carbonyl (C=O) groups is 2. The van der Waals surface area contributed by atoms with E-state index in [4.69, 9.17) is 4.74 Å². The van der Waals surface area contributed by atoms with Crippen LogP contribution >= 0.6 is 0 Å². The molecule has 1 aliphatic rings. The van der Waals surface area contributed by atoms with Gasteiger partial charge in [-0.05, 0) is 12.8 Å². The maximum Gasteiger partial charge on any atom is 0.309 e. The van der Waals surface area contributed by atoms with E-state index in [9.17, 15) is 9.59 Å². The Hall–Kier alpha value is -1.64. The van der Waals surface area contributed by atoms with E-state index in [1.54, 1.807) is 12.1 Å². The Kier molecular flexibility index (Phi) is 3.57. The first-order valence-electron chi connectivity index (χ1n) is 5.91. The molecule has 1 saturated carbocycles. The summed E-state index contributed by atoms with van der Waals surface area (Å²) in [6.45, 7) is 0. The van der Waals surface area contributed by atoms with Crippen LogP contribution in [0.1, 0.15) is 29.6 Å². The Morgan fingerprint density at radius 3 is 2.41 bits per heavy atom. The third kappa shape index (κ3) is 2.38. The Labute approximate surface area is 101 Å². The van der Waals surface area contributed by atoms with Crippen molar-refractivity contribution in [2.24, 2.45) is 11.8 Å². The average molecular weight is 232 g/mol. The molecular weight excluding hydrogens is 216 g/mol. The number of rotatable bonds is 3. The van der Waals surface area contributed by atoms with Crippen LogP contribution in [0, 0.1) is 11.8 Å². The summed E-state index contributed by atoms with van der Waals surface area (Å²) in [5, 5.41) is 0. The van der Waals surface area contributed by atoms with E-state index in [2.05, 4.69) is 0 Å². The highest BCUT2D eigenvalue weighted by Crippen LogP contribution is 2.34. The standard InChI is InChI=1S/C14H16O3/c1-17-14(16)12-9-5-8-11(12)13(15)10-6-3-2-4-7-10/h2-4,6-7,11-12H,5,8-9H2,1H3/t11-,12+/m1/s1. The van der Waals surface area contributed by atoms with Gasteiger partial charge in [-0.3, -0.25) is 9.59 Å². The minimum Gasteiger partial charge on any atom is -0.469 e. The van der Waals surface area contributed by atoms with Gasteiger partial charge in [-0.15, -0.1) is 0 Å². The Morgan fingerprint density at radius 1 is 1.12 bits per heavy atom. The molecule has 0 N–H and O–H groups in total. The molecule has 3 heteroatoms. The van der Waals surface area contributed by atoms with Crippen molar-refractivity contribution in [3.05, 3.63) is 35.9 Å². The Morgan fingerprint density at radius 2 is 1.76 bits per heavy atom. The molecule has 0 aromatic heterocycles. The first kappa shape index (κ1) is 11.8. The molecule has 1 aliphatic carbocycles. The van der Waals surface area contributed by atoms with Crippen molar-refractivity contribution >= 4 is 11.8 Å². The summed E-state index contributed by atoms with van der Waals surface area (Å²) in [7, 11) is 1.38. The van der Waals surface area contributed by atoms with Crippen molar-refractivity contribution in [3.63, 3.8) is 0 Å². The third-order valence-corrected chi connectivity index (χ3v) is 3.41. The van der Waals surface area contributed by atoms with E-state index >= 15 is 0 Å². The molecule has 1 aromatic carbocycles. The minimum atomic E-state index is -0.257. The van der Waals surface area contributed by atoms with Gasteiger partial charge in [0.1, 0.15) is 0 Å². The second kappa shape index (κ2) is 5.13. The van der Waals surface area contributed by atoms with Crippen LogP contribution in [0.25, 0.3) is 0 Å². The molecule has 0 radical (unpaired) electrons. The van der Waals surface area contributed by atoms with Crippen LogP contribution < -0.4 is 0 Å². The lowest BCUT2D eigenvalue weighted by molar-refractivity contribution is -0.146. The van der Waals surface area contributed by atoms with Gasteiger partial charge in [-0.25, -0.2) is 0 Å². The summed E-state index contributed by atoms with van der Waals surface area (Å²) in [5.74, 6) is -0.646. The monoisotopic (exact) mass is 232 g/mol. The number of methoxy groups -OCH3 is 1. The van der Waals surface area contributed by atoms with Gasteiger partial charge in [-0.2, -0.15) is 0 Å². The van der Waals surface area contributed by atoms with Crippen molar-refractivity contribution in [2.45, 2.75) is 19.3 Å². The minimum absolute atomic E-state index is 0.0681. The molecule has 0 saturated heterocycles. The molecule has 0 aliphatic heterocycles. The maximum absolute atomic E-state index is 12.3. The van der Waals surface area contributed by atoms with Gasteiger partial charge in [0, 0.05) is 11.5 Å². The van der Waals surface area contributed by atoms with Crippen LogP contribution in [0.5, 0.6) is 0 Å². The third-order valence-electron chi connectivity index (χ3n) is 3.41. The van der Waals surface area contributed by atoms with Crippen LogP contribution in [-0.4, -0.2) is 18.9 Å². The van der Waals surface area contributed by atoms with Crippen LogP contribution in [-0.2, 0) is 9.53 Å². The molecule has 90 valence electrons. The Balaban J connectivity index is 2.17. The second-order valence-electron chi connectivity index (χ2n) is 4.40. The summed E-state index contributed by atoms with van der Waals surface area (Å²) in [5.41, 5.74) is 0.688. The normalized spacial score (nSPS) is 23.4. The second-order valence-corrected chi connectivity index (χ2v) is 4.40. The van der Waals surface area contributed by atoms with Crippen molar-refractivity contribution in [1.29, 1.82) is 0 Å². The lowest BCUT2D eigenvalue weighted by atomic mass is 9.88. The molecule has 2 rings (SSSR count). The quantitative estimate of drug-likeness (QED) is 0.594. The van der Waals surface area contributed by atoms with E-state index in [0.717, 1.165) is 19.3 Å². The zero-order valence-electron chi connectivity index (χ0n) is 9.89. The molecular formula is C14H16O3. The number of benzene rings is 1. The van der Waals surface area contributed by atoms with Gasteiger partial charge < -0.3 is 4.74 Å². The summed E-state index contributed by atoms with van der Waals surface area (Å²) in [4.78, 5) is 23.9. The van der Waals surface area contributed by atoms with E-state index in [1.807, 2.05) is 18.2 Å². The smallest absolute Gasteiger partial charge is 0.309 e. The van der Waals surface area contributed by atoms with Crippen LogP contribution in [0.2, 0.25) is 0 Å². The zero-order valence-corrected chi connectivity index (χ0v) is 9.89. The van der Waals surface area contributed by atoms with E-state index in [0.29, 0.717) is 5.56 Å². The number of ketones is 1. The van der Waals surface area contributed by atoms with Gasteiger partial charge in [0.2, 0.25) is 0 Å². The largest absolute Gasteiger partial charge is 0.469 e. The molecule has 0 unspecified atom stereocenters. The number of esters is 1. The van der Waals surface area contributed by atoms with Crippen molar-refractivity contribution in [1.82, 2.24) is 0 Å². The lowest BCUT2D eigenvalue weighted by Crippen LogP contribution is -2.26. The van der Waals surface area contributed by atoms with Gasteiger partial charge in [-0.1, -0.05) is 36.8 Å². The topological polar surface area (TPSA) is 43.4 Å². The fourth-order valence-corrected chi connectivity index (χ4v) is 2.52. The number of carbonyl (C=O) groups excluding carboxylic acids is 2. The predicted octanol–water partition coefficient (Wildman–Crippen LogP) is 2.46. The summed E-state index contributed by atoms with van der Waals surface area (Å²) < 4.78 is 4.76. The first-order valence-corrected chi connectivity index (χ1v) is 5.91. The fourth-order valence-electron chi connectivity index (χ4n) is 2.52. The highest BCUT2D eigenvalue weighted by molar-refractivity contribution is 6.00. The molecule has 0 heterocycles.